The molecule has 1 atom stereocenters. The number of hydrogen-bond acceptors (Lipinski definition) is 2. The summed E-state index contributed by atoms with van der Waals surface area (Å²) in [7, 11) is 0. The Morgan fingerprint density at radius 3 is 2.41 bits per heavy atom. The van der Waals surface area contributed by atoms with Crippen LogP contribution in [0.1, 0.15) is 37.0 Å². The van der Waals surface area contributed by atoms with Gasteiger partial charge in [0, 0.05) is 19.2 Å². The van der Waals surface area contributed by atoms with Gasteiger partial charge in [-0.05, 0) is 42.9 Å². The number of aliphatic hydroxyl groups is 1. The van der Waals surface area contributed by atoms with Gasteiger partial charge >= 0.3 is 0 Å². The quantitative estimate of drug-likeness (QED) is 0.794. The van der Waals surface area contributed by atoms with Gasteiger partial charge in [0.15, 0.2) is 0 Å². The molecule has 0 saturated heterocycles. The molecule has 1 rings (SSSR count). The van der Waals surface area contributed by atoms with Crippen LogP contribution in [0.15, 0.2) is 18.2 Å². The SMILES string of the molecule is Cc1ccc(CNC(CCO)C(C)C)cc1C. The van der Waals surface area contributed by atoms with Crippen LogP contribution in [-0.2, 0) is 6.54 Å². The van der Waals surface area contributed by atoms with Gasteiger partial charge in [0.05, 0.1) is 0 Å². The molecule has 1 unspecified atom stereocenters. The number of hydrogen-bond donors (Lipinski definition) is 2. The second-order valence-electron chi connectivity index (χ2n) is 5.16. The second-order valence-corrected chi connectivity index (χ2v) is 5.16. The Kier molecular flexibility index (Phi) is 5.66. The molecule has 2 nitrogen and oxygen atoms in total. The van der Waals surface area contributed by atoms with Crippen LogP contribution in [-0.4, -0.2) is 17.8 Å². The van der Waals surface area contributed by atoms with Crippen LogP contribution >= 0.6 is 0 Å². The van der Waals surface area contributed by atoms with Gasteiger partial charge in [-0.1, -0.05) is 32.0 Å². The Morgan fingerprint density at radius 2 is 1.88 bits per heavy atom. The summed E-state index contributed by atoms with van der Waals surface area (Å²) in [6, 6.07) is 6.97. The van der Waals surface area contributed by atoms with Crippen LogP contribution in [0.25, 0.3) is 0 Å². The van der Waals surface area contributed by atoms with Crippen molar-refractivity contribution in [3.05, 3.63) is 34.9 Å². The van der Waals surface area contributed by atoms with Crippen LogP contribution in [0.5, 0.6) is 0 Å². The molecule has 0 bridgehead atoms. The Balaban J connectivity index is 2.56. The predicted octanol–water partition coefficient (Wildman–Crippen LogP) is 2.80. The minimum absolute atomic E-state index is 0.253. The average Bonchev–Trinajstić information content (AvgIpc) is 2.28. The van der Waals surface area contributed by atoms with Crippen LogP contribution in [0, 0.1) is 19.8 Å². The highest BCUT2D eigenvalue weighted by atomic mass is 16.3. The van der Waals surface area contributed by atoms with Crippen LogP contribution < -0.4 is 5.32 Å². The minimum atomic E-state index is 0.253. The third-order valence-electron chi connectivity index (χ3n) is 3.38. The summed E-state index contributed by atoms with van der Waals surface area (Å²) in [4.78, 5) is 0. The molecule has 0 aliphatic rings. The summed E-state index contributed by atoms with van der Waals surface area (Å²) in [5.41, 5.74) is 3.99. The normalized spacial score (nSPS) is 13.1. The summed E-state index contributed by atoms with van der Waals surface area (Å²) in [5, 5.41) is 12.5. The standard InChI is InChI=1S/C15H25NO/c1-11(2)15(7-8-17)16-10-14-6-5-12(3)13(4)9-14/h5-6,9,11,15-17H,7-8,10H2,1-4H3. The fourth-order valence-corrected chi connectivity index (χ4v) is 1.97. The molecule has 0 aliphatic carbocycles. The maximum atomic E-state index is 9.02. The Labute approximate surface area is 105 Å². The lowest BCUT2D eigenvalue weighted by atomic mass is 10.0. The number of aliphatic hydroxyl groups excluding tert-OH is 1. The Hall–Kier alpha value is -0.860. The smallest absolute Gasteiger partial charge is 0.0445 e. The third kappa shape index (κ3) is 4.49. The average molecular weight is 235 g/mol. The van der Waals surface area contributed by atoms with E-state index < -0.39 is 0 Å². The van der Waals surface area contributed by atoms with E-state index in [1.807, 2.05) is 0 Å². The molecular weight excluding hydrogens is 210 g/mol. The van der Waals surface area contributed by atoms with Crippen LogP contribution in [0.4, 0.5) is 0 Å². The summed E-state index contributed by atoms with van der Waals surface area (Å²) in [5.74, 6) is 0.550. The van der Waals surface area contributed by atoms with E-state index in [1.54, 1.807) is 0 Å². The van der Waals surface area contributed by atoms with Crippen molar-refractivity contribution >= 4 is 0 Å². The lowest BCUT2D eigenvalue weighted by Crippen LogP contribution is -2.34. The molecule has 96 valence electrons. The summed E-state index contributed by atoms with van der Waals surface area (Å²) < 4.78 is 0. The monoisotopic (exact) mass is 235 g/mol. The van der Waals surface area contributed by atoms with Crippen molar-refractivity contribution in [2.75, 3.05) is 6.61 Å². The molecule has 0 saturated carbocycles. The fourth-order valence-electron chi connectivity index (χ4n) is 1.97. The van der Waals surface area contributed by atoms with Gasteiger partial charge in [-0.3, -0.25) is 0 Å². The molecule has 0 spiro atoms. The number of nitrogens with one attached hydrogen (secondary N) is 1. The Morgan fingerprint density at radius 1 is 1.18 bits per heavy atom. The zero-order valence-corrected chi connectivity index (χ0v) is 11.5. The number of rotatable bonds is 6. The molecule has 0 radical (unpaired) electrons. The Bertz CT molecular complexity index is 347. The maximum absolute atomic E-state index is 9.02. The highest BCUT2D eigenvalue weighted by molar-refractivity contribution is 5.29. The topological polar surface area (TPSA) is 32.3 Å². The van der Waals surface area contributed by atoms with Crippen molar-refractivity contribution in [2.45, 2.75) is 46.7 Å². The zero-order chi connectivity index (χ0) is 12.8. The highest BCUT2D eigenvalue weighted by Crippen LogP contribution is 2.11. The van der Waals surface area contributed by atoms with Gasteiger partial charge in [-0.25, -0.2) is 0 Å². The van der Waals surface area contributed by atoms with Crippen molar-refractivity contribution in [1.29, 1.82) is 0 Å². The van der Waals surface area contributed by atoms with Crippen molar-refractivity contribution in [3.63, 3.8) is 0 Å². The summed E-state index contributed by atoms with van der Waals surface area (Å²) in [6.45, 7) is 9.79. The lowest BCUT2D eigenvalue weighted by Gasteiger charge is -2.21. The molecule has 17 heavy (non-hydrogen) atoms. The predicted molar refractivity (Wildman–Crippen MR) is 73.1 cm³/mol. The molecule has 0 aromatic heterocycles. The van der Waals surface area contributed by atoms with Gasteiger partial charge in [0.1, 0.15) is 0 Å². The molecule has 0 fully saturated rings. The van der Waals surface area contributed by atoms with Crippen LogP contribution in [0.2, 0.25) is 0 Å². The van der Waals surface area contributed by atoms with Gasteiger partial charge < -0.3 is 10.4 Å². The van der Waals surface area contributed by atoms with E-state index in [9.17, 15) is 0 Å². The summed E-state index contributed by atoms with van der Waals surface area (Å²) in [6.07, 6.45) is 0.822. The van der Waals surface area contributed by atoms with Crippen LogP contribution in [0.3, 0.4) is 0 Å². The first kappa shape index (κ1) is 14.2. The first-order valence-electron chi connectivity index (χ1n) is 6.45. The van der Waals surface area contributed by atoms with Crippen molar-refractivity contribution in [3.8, 4) is 0 Å². The van der Waals surface area contributed by atoms with Gasteiger partial charge in [0.2, 0.25) is 0 Å². The second kappa shape index (κ2) is 6.77. The molecule has 2 heteroatoms. The largest absolute Gasteiger partial charge is 0.396 e. The third-order valence-corrected chi connectivity index (χ3v) is 3.38. The van der Waals surface area contributed by atoms with E-state index in [-0.39, 0.29) is 6.61 Å². The zero-order valence-electron chi connectivity index (χ0n) is 11.5. The van der Waals surface area contributed by atoms with E-state index in [2.05, 4.69) is 51.2 Å². The molecular formula is C15H25NO. The van der Waals surface area contributed by atoms with Crippen molar-refractivity contribution in [1.82, 2.24) is 5.32 Å². The van der Waals surface area contributed by atoms with E-state index in [4.69, 9.17) is 5.11 Å². The van der Waals surface area contributed by atoms with E-state index in [0.717, 1.165) is 13.0 Å². The molecule has 1 aromatic rings. The first-order chi connectivity index (χ1) is 8.04. The fraction of sp³-hybridized carbons (Fsp3) is 0.600. The van der Waals surface area contributed by atoms with Crippen molar-refractivity contribution < 1.29 is 5.11 Å². The molecule has 0 heterocycles. The maximum Gasteiger partial charge on any atom is 0.0445 e. The van der Waals surface area contributed by atoms with E-state index in [1.165, 1.54) is 16.7 Å². The molecule has 2 N–H and O–H groups in total. The lowest BCUT2D eigenvalue weighted by molar-refractivity contribution is 0.244. The highest BCUT2D eigenvalue weighted by Gasteiger charge is 2.11. The number of aryl methyl sites for hydroxylation is 2. The van der Waals surface area contributed by atoms with Gasteiger partial charge in [-0.15, -0.1) is 0 Å². The first-order valence-corrected chi connectivity index (χ1v) is 6.45. The van der Waals surface area contributed by atoms with Gasteiger partial charge in [0.25, 0.3) is 0 Å². The van der Waals surface area contributed by atoms with E-state index >= 15 is 0 Å². The molecule has 0 amide bonds. The molecule has 0 aliphatic heterocycles. The van der Waals surface area contributed by atoms with Gasteiger partial charge in [-0.2, -0.15) is 0 Å². The minimum Gasteiger partial charge on any atom is -0.396 e. The molecule has 1 aromatic carbocycles. The summed E-state index contributed by atoms with van der Waals surface area (Å²) >= 11 is 0. The van der Waals surface area contributed by atoms with E-state index in [0.29, 0.717) is 12.0 Å². The van der Waals surface area contributed by atoms with Crippen molar-refractivity contribution in [2.24, 2.45) is 5.92 Å². The number of benzene rings is 1.